The molecule has 1 aromatic rings. The van der Waals surface area contributed by atoms with E-state index in [4.69, 9.17) is 9.47 Å². The number of amides is 1. The summed E-state index contributed by atoms with van der Waals surface area (Å²) in [5.74, 6) is 1.25. The van der Waals surface area contributed by atoms with Crippen LogP contribution < -0.4 is 19.7 Å². The fourth-order valence-electron chi connectivity index (χ4n) is 2.15. The molecular weight excluding hydrogens is 248 g/mol. The minimum Gasteiger partial charge on any atom is -0.497 e. The van der Waals surface area contributed by atoms with Crippen molar-refractivity contribution in [1.82, 2.24) is 5.32 Å². The maximum atomic E-state index is 11.6. The monoisotopic (exact) mass is 266 g/mol. The molecule has 0 bridgehead atoms. The number of anilines is 1. The van der Waals surface area contributed by atoms with Crippen molar-refractivity contribution in [2.24, 2.45) is 0 Å². The van der Waals surface area contributed by atoms with E-state index in [-0.39, 0.29) is 25.1 Å². The van der Waals surface area contributed by atoms with Crippen molar-refractivity contribution >= 4 is 11.6 Å². The van der Waals surface area contributed by atoms with Crippen LogP contribution in [-0.4, -0.2) is 51.0 Å². The lowest BCUT2D eigenvalue weighted by Gasteiger charge is -2.34. The second-order valence-electron chi connectivity index (χ2n) is 4.37. The molecule has 1 atom stereocenters. The molecule has 0 saturated carbocycles. The van der Waals surface area contributed by atoms with Crippen LogP contribution in [0.15, 0.2) is 18.2 Å². The summed E-state index contributed by atoms with van der Waals surface area (Å²) in [4.78, 5) is 13.5. The van der Waals surface area contributed by atoms with Crippen LogP contribution in [0.2, 0.25) is 0 Å². The molecule has 0 radical (unpaired) electrons. The van der Waals surface area contributed by atoms with Gasteiger partial charge in [-0.25, -0.2) is 0 Å². The lowest BCUT2D eigenvalue weighted by molar-refractivity contribution is -0.121. The first kappa shape index (κ1) is 13.5. The van der Waals surface area contributed by atoms with Crippen molar-refractivity contribution in [3.8, 4) is 11.5 Å². The van der Waals surface area contributed by atoms with Gasteiger partial charge in [-0.3, -0.25) is 4.79 Å². The Kier molecular flexibility index (Phi) is 4.11. The number of hydrogen-bond acceptors (Lipinski definition) is 5. The molecule has 2 rings (SSSR count). The Morgan fingerprint density at radius 1 is 1.42 bits per heavy atom. The van der Waals surface area contributed by atoms with E-state index in [1.807, 2.05) is 11.0 Å². The average molecular weight is 266 g/mol. The Morgan fingerprint density at radius 2 is 2.21 bits per heavy atom. The molecule has 1 aromatic carbocycles. The van der Waals surface area contributed by atoms with E-state index in [2.05, 4.69) is 5.32 Å². The summed E-state index contributed by atoms with van der Waals surface area (Å²) in [6.45, 7) is 0.681. The van der Waals surface area contributed by atoms with Crippen LogP contribution >= 0.6 is 0 Å². The summed E-state index contributed by atoms with van der Waals surface area (Å²) >= 11 is 0. The van der Waals surface area contributed by atoms with Crippen molar-refractivity contribution in [2.45, 2.75) is 6.04 Å². The number of nitrogens with zero attached hydrogens (tertiary/aromatic N) is 1. The number of methoxy groups -OCH3 is 2. The van der Waals surface area contributed by atoms with Crippen molar-refractivity contribution in [3.63, 3.8) is 0 Å². The third kappa shape index (κ3) is 2.90. The standard InChI is InChI=1S/C13H18N2O4/c1-18-10-3-4-12(19-2)11(5-10)15-6-9(8-16)14-13(17)7-15/h3-5,9,16H,6-8H2,1-2H3,(H,14,17). The zero-order valence-corrected chi connectivity index (χ0v) is 11.0. The third-order valence-corrected chi connectivity index (χ3v) is 3.09. The van der Waals surface area contributed by atoms with E-state index in [0.717, 1.165) is 5.69 Å². The van der Waals surface area contributed by atoms with E-state index in [1.165, 1.54) is 0 Å². The number of rotatable bonds is 4. The topological polar surface area (TPSA) is 71.0 Å². The zero-order valence-electron chi connectivity index (χ0n) is 11.0. The molecule has 6 heteroatoms. The first-order valence-electron chi connectivity index (χ1n) is 6.05. The van der Waals surface area contributed by atoms with Gasteiger partial charge < -0.3 is 24.8 Å². The molecule has 2 N–H and O–H groups in total. The highest BCUT2D eigenvalue weighted by Gasteiger charge is 2.26. The van der Waals surface area contributed by atoms with Crippen molar-refractivity contribution in [1.29, 1.82) is 0 Å². The number of carbonyl (C=O) groups is 1. The Labute approximate surface area is 111 Å². The van der Waals surface area contributed by atoms with E-state index >= 15 is 0 Å². The predicted molar refractivity (Wildman–Crippen MR) is 70.8 cm³/mol. The van der Waals surface area contributed by atoms with E-state index in [1.54, 1.807) is 26.4 Å². The van der Waals surface area contributed by atoms with Gasteiger partial charge in [-0.15, -0.1) is 0 Å². The highest BCUT2D eigenvalue weighted by molar-refractivity contribution is 5.84. The van der Waals surface area contributed by atoms with Crippen LogP contribution in [0.5, 0.6) is 11.5 Å². The minimum atomic E-state index is -0.267. The predicted octanol–water partition coefficient (Wildman–Crippen LogP) is 0.000900. The molecule has 1 aliphatic heterocycles. The summed E-state index contributed by atoms with van der Waals surface area (Å²) < 4.78 is 10.5. The van der Waals surface area contributed by atoms with Crippen molar-refractivity contribution in [3.05, 3.63) is 18.2 Å². The van der Waals surface area contributed by atoms with E-state index < -0.39 is 0 Å². The summed E-state index contributed by atoms with van der Waals surface area (Å²) in [6.07, 6.45) is 0. The molecule has 0 aliphatic carbocycles. The number of hydrogen-bond donors (Lipinski definition) is 2. The maximum Gasteiger partial charge on any atom is 0.239 e. The van der Waals surface area contributed by atoms with Gasteiger partial charge in [-0.1, -0.05) is 0 Å². The number of aliphatic hydroxyl groups excluding tert-OH is 1. The Balaban J connectivity index is 2.30. The van der Waals surface area contributed by atoms with Crippen LogP contribution in [0.25, 0.3) is 0 Å². The molecule has 0 aromatic heterocycles. The Morgan fingerprint density at radius 3 is 2.84 bits per heavy atom. The molecule has 6 nitrogen and oxygen atoms in total. The van der Waals surface area contributed by atoms with E-state index in [0.29, 0.717) is 18.0 Å². The smallest absolute Gasteiger partial charge is 0.239 e. The van der Waals surface area contributed by atoms with Gasteiger partial charge in [0.15, 0.2) is 0 Å². The minimum absolute atomic E-state index is 0.0888. The molecule has 104 valence electrons. The summed E-state index contributed by atoms with van der Waals surface area (Å²) in [6, 6.07) is 5.16. The second-order valence-corrected chi connectivity index (χ2v) is 4.37. The number of ether oxygens (including phenoxy) is 2. The largest absolute Gasteiger partial charge is 0.497 e. The fraction of sp³-hybridized carbons (Fsp3) is 0.462. The van der Waals surface area contributed by atoms with Gasteiger partial charge in [0.25, 0.3) is 0 Å². The van der Waals surface area contributed by atoms with Crippen LogP contribution in [0.4, 0.5) is 5.69 Å². The second kappa shape index (κ2) is 5.79. The lowest BCUT2D eigenvalue weighted by atomic mass is 10.1. The quantitative estimate of drug-likeness (QED) is 0.803. The number of nitrogens with one attached hydrogen (secondary N) is 1. The van der Waals surface area contributed by atoms with Crippen LogP contribution in [-0.2, 0) is 4.79 Å². The SMILES string of the molecule is COc1ccc(OC)c(N2CC(=O)NC(CO)C2)c1. The molecule has 0 spiro atoms. The zero-order chi connectivity index (χ0) is 13.8. The molecule has 1 heterocycles. The van der Waals surface area contributed by atoms with E-state index in [9.17, 15) is 9.90 Å². The Hall–Kier alpha value is -1.95. The van der Waals surface area contributed by atoms with Crippen LogP contribution in [0, 0.1) is 0 Å². The highest BCUT2D eigenvalue weighted by Crippen LogP contribution is 2.32. The number of carbonyl (C=O) groups excluding carboxylic acids is 1. The van der Waals surface area contributed by atoms with Gasteiger partial charge in [-0.2, -0.15) is 0 Å². The molecule has 1 amide bonds. The van der Waals surface area contributed by atoms with Gasteiger partial charge in [0.05, 0.1) is 39.1 Å². The Bertz CT molecular complexity index is 464. The van der Waals surface area contributed by atoms with Crippen molar-refractivity contribution < 1.29 is 19.4 Å². The summed E-state index contributed by atoms with van der Waals surface area (Å²) in [5.41, 5.74) is 0.787. The van der Waals surface area contributed by atoms with Crippen LogP contribution in [0.3, 0.4) is 0 Å². The fourth-order valence-corrected chi connectivity index (χ4v) is 2.15. The van der Waals surface area contributed by atoms with Gasteiger partial charge in [-0.05, 0) is 12.1 Å². The molecule has 1 aliphatic rings. The van der Waals surface area contributed by atoms with Gasteiger partial charge in [0.1, 0.15) is 11.5 Å². The number of aliphatic hydroxyl groups is 1. The first-order chi connectivity index (χ1) is 9.17. The van der Waals surface area contributed by atoms with Crippen molar-refractivity contribution in [2.75, 3.05) is 38.8 Å². The molecular formula is C13H18N2O4. The number of benzene rings is 1. The molecule has 19 heavy (non-hydrogen) atoms. The summed E-state index contributed by atoms with van der Waals surface area (Å²) in [5, 5.41) is 11.9. The molecule has 1 fully saturated rings. The molecule has 1 saturated heterocycles. The molecule has 1 unspecified atom stereocenters. The highest BCUT2D eigenvalue weighted by atomic mass is 16.5. The van der Waals surface area contributed by atoms with Gasteiger partial charge in [0.2, 0.25) is 5.91 Å². The van der Waals surface area contributed by atoms with Gasteiger partial charge in [0, 0.05) is 12.6 Å². The average Bonchev–Trinajstić information content (AvgIpc) is 2.45. The summed E-state index contributed by atoms with van der Waals surface area (Å²) in [7, 11) is 3.17. The third-order valence-electron chi connectivity index (χ3n) is 3.09. The number of piperazine rings is 1. The van der Waals surface area contributed by atoms with Crippen LogP contribution in [0.1, 0.15) is 0 Å². The lowest BCUT2D eigenvalue weighted by Crippen LogP contribution is -2.55. The van der Waals surface area contributed by atoms with Gasteiger partial charge >= 0.3 is 0 Å². The normalized spacial score (nSPS) is 19.0. The maximum absolute atomic E-state index is 11.6. The first-order valence-corrected chi connectivity index (χ1v) is 6.05.